The van der Waals surface area contributed by atoms with E-state index in [1.807, 2.05) is 0 Å². The second-order valence-electron chi connectivity index (χ2n) is 7.42. The van der Waals surface area contributed by atoms with Crippen LogP contribution < -0.4 is 10.6 Å². The van der Waals surface area contributed by atoms with Gasteiger partial charge in [0.15, 0.2) is 11.6 Å². The molecular weight excluding hydrogens is 403 g/mol. The number of likely N-dealkylation sites (tertiary alicyclic amines) is 1. The van der Waals surface area contributed by atoms with Gasteiger partial charge in [0.2, 0.25) is 11.9 Å². The number of hydrogen-bond acceptors (Lipinski definition) is 7. The smallest absolute Gasteiger partial charge is 0.261 e. The number of carbonyl (C=O) groups is 3. The van der Waals surface area contributed by atoms with Crippen LogP contribution in [0.2, 0.25) is 0 Å². The van der Waals surface area contributed by atoms with Crippen LogP contribution in [0.3, 0.4) is 0 Å². The summed E-state index contributed by atoms with van der Waals surface area (Å²) in [5.41, 5.74) is 1.11. The Balaban J connectivity index is 1.50. The molecule has 9 nitrogen and oxygen atoms in total. The van der Waals surface area contributed by atoms with Crippen LogP contribution in [0.4, 0.5) is 21.8 Å². The quantitative estimate of drug-likeness (QED) is 0.560. The van der Waals surface area contributed by atoms with Crippen molar-refractivity contribution in [1.29, 1.82) is 0 Å². The summed E-state index contributed by atoms with van der Waals surface area (Å²) in [6.45, 7) is 4.56. The van der Waals surface area contributed by atoms with Gasteiger partial charge in [-0.2, -0.15) is 4.98 Å². The van der Waals surface area contributed by atoms with Crippen molar-refractivity contribution in [2.24, 2.45) is 0 Å². The van der Waals surface area contributed by atoms with Crippen molar-refractivity contribution in [2.45, 2.75) is 18.9 Å². The number of halogens is 1. The fourth-order valence-electron chi connectivity index (χ4n) is 3.71. The third kappa shape index (κ3) is 3.96. The summed E-state index contributed by atoms with van der Waals surface area (Å²) < 4.78 is 14.3. The Morgan fingerprint density at radius 3 is 2.84 bits per heavy atom. The van der Waals surface area contributed by atoms with E-state index >= 15 is 0 Å². The molecule has 160 valence electrons. The average molecular weight is 424 g/mol. The first kappa shape index (κ1) is 20.5. The van der Waals surface area contributed by atoms with E-state index in [4.69, 9.17) is 0 Å². The van der Waals surface area contributed by atoms with E-state index in [2.05, 4.69) is 27.2 Å². The van der Waals surface area contributed by atoms with Gasteiger partial charge >= 0.3 is 0 Å². The summed E-state index contributed by atoms with van der Waals surface area (Å²) in [6, 6.07) is 4.56. The molecule has 10 heteroatoms. The number of amides is 3. The lowest BCUT2D eigenvalue weighted by Crippen LogP contribution is -2.44. The first-order valence-corrected chi connectivity index (χ1v) is 9.81. The van der Waals surface area contributed by atoms with Gasteiger partial charge in [-0.1, -0.05) is 6.58 Å². The van der Waals surface area contributed by atoms with Crippen LogP contribution in [-0.4, -0.2) is 63.7 Å². The maximum Gasteiger partial charge on any atom is 0.261 e. The molecule has 2 N–H and O–H groups in total. The van der Waals surface area contributed by atoms with Gasteiger partial charge in [-0.05, 0) is 37.1 Å². The van der Waals surface area contributed by atoms with E-state index < -0.39 is 5.82 Å². The fourth-order valence-corrected chi connectivity index (χ4v) is 3.71. The zero-order valence-electron chi connectivity index (χ0n) is 16.9. The molecule has 2 aliphatic heterocycles. The van der Waals surface area contributed by atoms with E-state index in [9.17, 15) is 18.8 Å². The van der Waals surface area contributed by atoms with Gasteiger partial charge in [-0.3, -0.25) is 19.3 Å². The molecular formula is C21H21FN6O3. The van der Waals surface area contributed by atoms with Crippen LogP contribution in [0.1, 0.15) is 33.6 Å². The molecule has 4 rings (SSSR count). The minimum Gasteiger partial charge on any atom is -0.363 e. The second-order valence-corrected chi connectivity index (χ2v) is 7.42. The third-order valence-corrected chi connectivity index (χ3v) is 5.34. The summed E-state index contributed by atoms with van der Waals surface area (Å²) in [5.74, 6) is -1.37. The highest BCUT2D eigenvalue weighted by molar-refractivity contribution is 6.21. The van der Waals surface area contributed by atoms with E-state index in [0.29, 0.717) is 24.3 Å². The molecule has 0 aliphatic carbocycles. The number of nitrogens with zero attached hydrogens (tertiary/aromatic N) is 4. The van der Waals surface area contributed by atoms with Crippen molar-refractivity contribution in [3.8, 4) is 0 Å². The van der Waals surface area contributed by atoms with Crippen LogP contribution in [0.15, 0.2) is 37.1 Å². The first-order valence-electron chi connectivity index (χ1n) is 9.81. The topological polar surface area (TPSA) is 108 Å². The van der Waals surface area contributed by atoms with Crippen LogP contribution in [-0.2, 0) is 4.79 Å². The summed E-state index contributed by atoms with van der Waals surface area (Å²) in [6.07, 6.45) is 3.86. The lowest BCUT2D eigenvalue weighted by Gasteiger charge is -2.32. The average Bonchev–Trinajstić information content (AvgIpc) is 2.99. The highest BCUT2D eigenvalue weighted by atomic mass is 19.1. The number of carbonyl (C=O) groups excluding carboxylic acids is 3. The van der Waals surface area contributed by atoms with Crippen molar-refractivity contribution >= 4 is 35.2 Å². The standard InChI is InChI=1S/C21H21FN6O3/c1-3-17(29)28-8-4-5-13(11-28)24-18-16(22)10-23-21(26-18)25-12-6-7-14-15(9-12)20(31)27(2)19(14)30/h3,6-7,9-10,13H,1,4-5,8,11H2,2H3,(H2,23,24,25,26). The molecule has 31 heavy (non-hydrogen) atoms. The molecule has 0 radical (unpaired) electrons. The Kier molecular flexibility index (Phi) is 5.37. The van der Waals surface area contributed by atoms with Gasteiger partial charge in [-0.15, -0.1) is 0 Å². The molecule has 0 bridgehead atoms. The summed E-state index contributed by atoms with van der Waals surface area (Å²) in [5, 5.41) is 5.98. The van der Waals surface area contributed by atoms with Crippen LogP contribution >= 0.6 is 0 Å². The molecule has 1 unspecified atom stereocenters. The van der Waals surface area contributed by atoms with E-state index in [1.165, 1.54) is 13.1 Å². The SMILES string of the molecule is C=CC(=O)N1CCCC(Nc2nc(Nc3ccc4c(c3)C(=O)N(C)C4=O)ncc2F)C1. The molecule has 1 fully saturated rings. The molecule has 1 aromatic carbocycles. The van der Waals surface area contributed by atoms with Crippen LogP contribution in [0, 0.1) is 5.82 Å². The molecule has 3 heterocycles. The lowest BCUT2D eigenvalue weighted by atomic mass is 10.1. The zero-order chi connectivity index (χ0) is 22.1. The second kappa shape index (κ2) is 8.13. The Bertz CT molecular complexity index is 1090. The summed E-state index contributed by atoms with van der Waals surface area (Å²) >= 11 is 0. The van der Waals surface area contributed by atoms with Gasteiger partial charge in [0.05, 0.1) is 17.3 Å². The fraction of sp³-hybridized carbons (Fsp3) is 0.286. The Morgan fingerprint density at radius 1 is 1.29 bits per heavy atom. The highest BCUT2D eigenvalue weighted by Crippen LogP contribution is 2.26. The molecule has 1 atom stereocenters. The molecule has 1 saturated heterocycles. The Morgan fingerprint density at radius 2 is 2.06 bits per heavy atom. The molecule has 3 amide bonds. The number of piperidine rings is 1. The van der Waals surface area contributed by atoms with E-state index in [1.54, 1.807) is 23.1 Å². The summed E-state index contributed by atoms with van der Waals surface area (Å²) in [4.78, 5) is 46.9. The molecule has 0 spiro atoms. The van der Waals surface area contributed by atoms with Crippen molar-refractivity contribution < 1.29 is 18.8 Å². The minimum atomic E-state index is -0.617. The molecule has 1 aromatic heterocycles. The normalized spacial score (nSPS) is 18.1. The Hall–Kier alpha value is -3.82. The minimum absolute atomic E-state index is 0.0162. The number of nitrogens with one attached hydrogen (secondary N) is 2. The zero-order valence-corrected chi connectivity index (χ0v) is 16.9. The predicted octanol–water partition coefficient (Wildman–Crippen LogP) is 2.17. The van der Waals surface area contributed by atoms with Gasteiger partial charge < -0.3 is 15.5 Å². The number of anilines is 3. The number of rotatable bonds is 5. The lowest BCUT2D eigenvalue weighted by molar-refractivity contribution is -0.127. The Labute approximate surface area is 178 Å². The van der Waals surface area contributed by atoms with Crippen molar-refractivity contribution in [3.05, 3.63) is 54.0 Å². The number of aromatic nitrogens is 2. The van der Waals surface area contributed by atoms with E-state index in [-0.39, 0.29) is 41.1 Å². The van der Waals surface area contributed by atoms with Crippen LogP contribution in [0.25, 0.3) is 0 Å². The highest BCUT2D eigenvalue weighted by Gasteiger charge is 2.32. The van der Waals surface area contributed by atoms with Crippen molar-refractivity contribution in [1.82, 2.24) is 19.8 Å². The number of fused-ring (bicyclic) bond motifs is 1. The van der Waals surface area contributed by atoms with Gasteiger partial charge in [0.1, 0.15) is 0 Å². The first-order chi connectivity index (χ1) is 14.9. The van der Waals surface area contributed by atoms with Crippen molar-refractivity contribution in [3.63, 3.8) is 0 Å². The molecule has 2 aliphatic rings. The number of hydrogen-bond donors (Lipinski definition) is 2. The van der Waals surface area contributed by atoms with Crippen LogP contribution in [0.5, 0.6) is 0 Å². The number of imide groups is 1. The number of benzene rings is 1. The largest absolute Gasteiger partial charge is 0.363 e. The van der Waals surface area contributed by atoms with Gasteiger partial charge in [-0.25, -0.2) is 9.37 Å². The van der Waals surface area contributed by atoms with Crippen molar-refractivity contribution in [2.75, 3.05) is 30.8 Å². The van der Waals surface area contributed by atoms with E-state index in [0.717, 1.165) is 23.9 Å². The maximum absolute atomic E-state index is 14.3. The van der Waals surface area contributed by atoms with Gasteiger partial charge in [0.25, 0.3) is 11.8 Å². The maximum atomic E-state index is 14.3. The molecule has 2 aromatic rings. The molecule has 0 saturated carbocycles. The third-order valence-electron chi connectivity index (χ3n) is 5.34. The monoisotopic (exact) mass is 424 g/mol. The van der Waals surface area contributed by atoms with Gasteiger partial charge in [0, 0.05) is 31.9 Å². The summed E-state index contributed by atoms with van der Waals surface area (Å²) in [7, 11) is 1.42. The predicted molar refractivity (Wildman–Crippen MR) is 112 cm³/mol.